The quantitative estimate of drug-likeness (QED) is 0.455. The second-order valence-corrected chi connectivity index (χ2v) is 9.26. The maximum absolute atomic E-state index is 13.5. The first kappa shape index (κ1) is 25.0. The smallest absolute Gasteiger partial charge is 0.271 e. The van der Waals surface area contributed by atoms with Gasteiger partial charge in [-0.2, -0.15) is 0 Å². The average Bonchev–Trinajstić information content (AvgIpc) is 3.20. The number of carbonyl (C=O) groups is 1. The molecule has 0 unspecified atom stereocenters. The highest BCUT2D eigenvalue weighted by Crippen LogP contribution is 2.28. The molecule has 0 aromatic carbocycles. The zero-order valence-electron chi connectivity index (χ0n) is 19.7. The van der Waals surface area contributed by atoms with Gasteiger partial charge in [-0.05, 0) is 69.8 Å². The van der Waals surface area contributed by atoms with Gasteiger partial charge in [0.05, 0.1) is 22.5 Å². The van der Waals surface area contributed by atoms with E-state index in [-0.39, 0.29) is 11.9 Å². The molecule has 1 aliphatic rings. The van der Waals surface area contributed by atoms with E-state index in [4.69, 9.17) is 0 Å². The van der Waals surface area contributed by atoms with Crippen molar-refractivity contribution in [3.8, 4) is 0 Å². The molecule has 3 aromatic rings. The summed E-state index contributed by atoms with van der Waals surface area (Å²) in [6, 6.07) is 3.11. The van der Waals surface area contributed by atoms with E-state index in [1.54, 1.807) is 6.20 Å². The number of pyridine rings is 1. The third-order valence-electron chi connectivity index (χ3n) is 5.58. The Kier molecular flexibility index (Phi) is 9.08. The van der Waals surface area contributed by atoms with E-state index >= 15 is 0 Å². The summed E-state index contributed by atoms with van der Waals surface area (Å²) < 4.78 is 14.3. The van der Waals surface area contributed by atoms with Crippen LogP contribution in [0.1, 0.15) is 67.0 Å². The van der Waals surface area contributed by atoms with Crippen molar-refractivity contribution < 1.29 is 9.18 Å². The first-order valence-electron chi connectivity index (χ1n) is 11.6. The molecule has 7 nitrogen and oxygen atoms in total. The van der Waals surface area contributed by atoms with Crippen LogP contribution in [0.15, 0.2) is 24.5 Å². The first-order valence-corrected chi connectivity index (χ1v) is 12.5. The molecule has 0 aliphatic carbocycles. The second kappa shape index (κ2) is 12.0. The monoisotopic (exact) mass is 472 g/mol. The first-order chi connectivity index (χ1) is 16.0. The summed E-state index contributed by atoms with van der Waals surface area (Å²) in [5.41, 5.74) is 1.78. The molecule has 1 saturated heterocycles. The van der Waals surface area contributed by atoms with Crippen LogP contribution in [0.4, 0.5) is 10.3 Å². The Bertz CT molecular complexity index is 1070. The largest absolute Gasteiger partial charge is 0.351 e. The molecule has 4 rings (SSSR count). The number of nitrogens with one attached hydrogen (secondary N) is 3. The number of carbonyl (C=O) groups excluding carboxylic acids is 1. The molecule has 178 valence electrons. The number of fused-ring (bicyclic) bond motifs is 1. The lowest BCUT2D eigenvalue weighted by Crippen LogP contribution is -2.31. The zero-order valence-corrected chi connectivity index (χ0v) is 20.6. The second-order valence-electron chi connectivity index (χ2n) is 8.01. The number of rotatable bonds is 7. The van der Waals surface area contributed by atoms with Crippen LogP contribution in [0.25, 0.3) is 10.2 Å². The molecule has 1 fully saturated rings. The summed E-state index contributed by atoms with van der Waals surface area (Å²) in [5, 5.41) is 9.58. The van der Waals surface area contributed by atoms with E-state index in [1.807, 2.05) is 33.8 Å². The van der Waals surface area contributed by atoms with Gasteiger partial charge in [-0.15, -0.1) is 11.3 Å². The van der Waals surface area contributed by atoms with Crippen LogP contribution in [0, 0.1) is 18.7 Å². The fourth-order valence-electron chi connectivity index (χ4n) is 3.85. The van der Waals surface area contributed by atoms with Crippen molar-refractivity contribution in [2.75, 3.05) is 25.0 Å². The van der Waals surface area contributed by atoms with Crippen molar-refractivity contribution in [2.24, 2.45) is 5.92 Å². The van der Waals surface area contributed by atoms with E-state index < -0.39 is 5.82 Å². The number of thiophene rings is 1. The number of hydrogen-bond acceptors (Lipinski definition) is 7. The van der Waals surface area contributed by atoms with Crippen LogP contribution < -0.4 is 16.0 Å². The SMILES string of the molecule is CC.Cc1cc2nc(N[C@@H](C)c3cncc(F)c3)nc(C(=O)NCCC3CCNCC3)c2s1. The Labute approximate surface area is 198 Å². The van der Waals surface area contributed by atoms with Crippen LogP contribution in [0.3, 0.4) is 0 Å². The molecular formula is C24H33FN6OS. The number of piperidine rings is 1. The molecular weight excluding hydrogens is 439 g/mol. The van der Waals surface area contributed by atoms with Gasteiger partial charge in [0.15, 0.2) is 5.69 Å². The summed E-state index contributed by atoms with van der Waals surface area (Å²) in [7, 11) is 0. The van der Waals surface area contributed by atoms with Gasteiger partial charge in [0.1, 0.15) is 5.82 Å². The van der Waals surface area contributed by atoms with Crippen molar-refractivity contribution in [3.05, 3.63) is 46.5 Å². The predicted molar refractivity (Wildman–Crippen MR) is 132 cm³/mol. The minimum Gasteiger partial charge on any atom is -0.351 e. The van der Waals surface area contributed by atoms with E-state index in [0.29, 0.717) is 29.7 Å². The van der Waals surface area contributed by atoms with E-state index in [2.05, 4.69) is 30.9 Å². The number of aromatic nitrogens is 3. The lowest BCUT2D eigenvalue weighted by atomic mass is 9.95. The molecule has 1 aliphatic heterocycles. The summed E-state index contributed by atoms with van der Waals surface area (Å²) in [4.78, 5) is 27.0. The summed E-state index contributed by atoms with van der Waals surface area (Å²) in [5.74, 6) is 0.399. The van der Waals surface area contributed by atoms with Crippen LogP contribution in [0.2, 0.25) is 0 Å². The molecule has 1 atom stereocenters. The molecule has 1 amide bonds. The molecule has 33 heavy (non-hydrogen) atoms. The maximum atomic E-state index is 13.5. The van der Waals surface area contributed by atoms with E-state index in [9.17, 15) is 9.18 Å². The van der Waals surface area contributed by atoms with Crippen LogP contribution >= 0.6 is 11.3 Å². The third-order valence-corrected chi connectivity index (χ3v) is 6.62. The van der Waals surface area contributed by atoms with E-state index in [1.165, 1.54) is 23.6 Å². The molecule has 0 spiro atoms. The molecule has 0 radical (unpaired) electrons. The van der Waals surface area contributed by atoms with Gasteiger partial charge in [-0.25, -0.2) is 14.4 Å². The van der Waals surface area contributed by atoms with Gasteiger partial charge in [0.25, 0.3) is 5.91 Å². The van der Waals surface area contributed by atoms with Crippen molar-refractivity contribution in [2.45, 2.75) is 53.0 Å². The highest BCUT2D eigenvalue weighted by molar-refractivity contribution is 7.19. The fourth-order valence-corrected chi connectivity index (χ4v) is 4.79. The molecule has 4 heterocycles. The minimum absolute atomic E-state index is 0.189. The maximum Gasteiger partial charge on any atom is 0.271 e. The van der Waals surface area contributed by atoms with E-state index in [0.717, 1.165) is 47.4 Å². The number of aryl methyl sites for hydroxylation is 1. The Morgan fingerprint density at radius 1 is 1.24 bits per heavy atom. The molecule has 3 aromatic heterocycles. The molecule has 9 heteroatoms. The normalized spacial score (nSPS) is 14.9. The number of anilines is 1. The minimum atomic E-state index is -0.398. The van der Waals surface area contributed by atoms with Gasteiger partial charge in [-0.3, -0.25) is 9.78 Å². The highest BCUT2D eigenvalue weighted by atomic mass is 32.1. The standard InChI is InChI=1S/C22H27FN6OS.C2H6/c1-13-9-18-20(31-13)19(21(30)26-8-5-15-3-6-24-7-4-15)29-22(28-18)27-14(2)16-10-17(23)12-25-11-16;1-2/h9-12,14-15,24H,3-8H2,1-2H3,(H,26,30)(H,27,28,29);1-2H3/t14-;/m0./s1. The molecule has 3 N–H and O–H groups in total. The van der Waals surface area contributed by atoms with Crippen LogP contribution in [-0.2, 0) is 0 Å². The Morgan fingerprint density at radius 2 is 2.00 bits per heavy atom. The van der Waals surface area contributed by atoms with Crippen molar-refractivity contribution in [1.29, 1.82) is 0 Å². The predicted octanol–water partition coefficient (Wildman–Crippen LogP) is 4.85. The topological polar surface area (TPSA) is 91.8 Å². The van der Waals surface area contributed by atoms with Crippen molar-refractivity contribution >= 4 is 33.4 Å². The number of hydrogen-bond donors (Lipinski definition) is 3. The lowest BCUT2D eigenvalue weighted by molar-refractivity contribution is 0.0947. The van der Waals surface area contributed by atoms with Gasteiger partial charge < -0.3 is 16.0 Å². The third kappa shape index (κ3) is 6.68. The van der Waals surface area contributed by atoms with Gasteiger partial charge in [-0.1, -0.05) is 13.8 Å². The lowest BCUT2D eigenvalue weighted by Gasteiger charge is -2.22. The van der Waals surface area contributed by atoms with Crippen LogP contribution in [-0.4, -0.2) is 40.5 Å². The van der Waals surface area contributed by atoms with Crippen molar-refractivity contribution in [1.82, 2.24) is 25.6 Å². The molecule has 0 saturated carbocycles. The summed E-state index contributed by atoms with van der Waals surface area (Å²) in [6.07, 6.45) is 6.04. The number of nitrogens with zero attached hydrogens (tertiary/aromatic N) is 3. The van der Waals surface area contributed by atoms with Gasteiger partial charge in [0.2, 0.25) is 5.95 Å². The Hall–Kier alpha value is -2.65. The summed E-state index contributed by atoms with van der Waals surface area (Å²) in [6.45, 7) is 10.6. The Morgan fingerprint density at radius 3 is 2.73 bits per heavy atom. The van der Waals surface area contributed by atoms with Crippen LogP contribution in [0.5, 0.6) is 0 Å². The fraction of sp³-hybridized carbons (Fsp3) is 0.500. The number of halogens is 1. The van der Waals surface area contributed by atoms with Crippen molar-refractivity contribution in [3.63, 3.8) is 0 Å². The number of amides is 1. The molecule has 0 bridgehead atoms. The Balaban J connectivity index is 0.00000149. The highest BCUT2D eigenvalue weighted by Gasteiger charge is 2.19. The summed E-state index contributed by atoms with van der Waals surface area (Å²) >= 11 is 1.51. The zero-order chi connectivity index (χ0) is 23.8. The van der Waals surface area contributed by atoms with Gasteiger partial charge in [0, 0.05) is 17.6 Å². The average molecular weight is 473 g/mol. The van der Waals surface area contributed by atoms with Gasteiger partial charge >= 0.3 is 0 Å².